The molecule has 1 N–H and O–H groups in total. The predicted octanol–water partition coefficient (Wildman–Crippen LogP) is 5.21. The SMILES string of the molecule is CCCCCOc1cccc(NC(=O)O[C@@H]2CCCC[C@H]2N2CCCC2)c1. The van der Waals surface area contributed by atoms with Crippen LogP contribution in [-0.4, -0.2) is 42.8 Å². The van der Waals surface area contributed by atoms with Gasteiger partial charge in [0.1, 0.15) is 11.9 Å². The van der Waals surface area contributed by atoms with E-state index < -0.39 is 0 Å². The predicted molar refractivity (Wildman–Crippen MR) is 108 cm³/mol. The summed E-state index contributed by atoms with van der Waals surface area (Å²) in [6, 6.07) is 7.96. The van der Waals surface area contributed by atoms with Crippen molar-refractivity contribution in [3.8, 4) is 5.75 Å². The van der Waals surface area contributed by atoms with Gasteiger partial charge in [-0.25, -0.2) is 4.79 Å². The average Bonchev–Trinajstić information content (AvgIpc) is 3.20. The number of hydrogen-bond acceptors (Lipinski definition) is 4. The number of likely N-dealkylation sites (tertiary alicyclic amines) is 1. The number of nitrogens with zero attached hydrogens (tertiary/aromatic N) is 1. The monoisotopic (exact) mass is 374 g/mol. The van der Waals surface area contributed by atoms with E-state index in [2.05, 4.69) is 17.1 Å². The lowest BCUT2D eigenvalue weighted by Crippen LogP contribution is -2.46. The summed E-state index contributed by atoms with van der Waals surface area (Å²) in [5, 5.41) is 2.88. The van der Waals surface area contributed by atoms with Gasteiger partial charge in [0.05, 0.1) is 6.61 Å². The third-order valence-corrected chi connectivity index (χ3v) is 5.63. The molecule has 1 saturated carbocycles. The zero-order valence-corrected chi connectivity index (χ0v) is 16.6. The molecule has 0 spiro atoms. The topological polar surface area (TPSA) is 50.8 Å². The number of carbonyl (C=O) groups excluding carboxylic acids is 1. The number of carbonyl (C=O) groups is 1. The fourth-order valence-electron chi connectivity index (χ4n) is 4.20. The minimum atomic E-state index is -0.353. The molecule has 1 heterocycles. The van der Waals surface area contributed by atoms with Gasteiger partial charge in [-0.3, -0.25) is 10.2 Å². The van der Waals surface area contributed by atoms with Crippen molar-refractivity contribution in [3.05, 3.63) is 24.3 Å². The maximum absolute atomic E-state index is 12.5. The molecule has 0 bridgehead atoms. The second-order valence-corrected chi connectivity index (χ2v) is 7.75. The smallest absolute Gasteiger partial charge is 0.411 e. The van der Waals surface area contributed by atoms with E-state index in [9.17, 15) is 4.79 Å². The first kappa shape index (κ1) is 20.0. The summed E-state index contributed by atoms with van der Waals surface area (Å²) in [7, 11) is 0. The van der Waals surface area contributed by atoms with Crippen LogP contribution in [0.2, 0.25) is 0 Å². The van der Waals surface area contributed by atoms with Gasteiger partial charge >= 0.3 is 6.09 Å². The van der Waals surface area contributed by atoms with Crippen molar-refractivity contribution in [3.63, 3.8) is 0 Å². The highest BCUT2D eigenvalue weighted by atomic mass is 16.6. The Morgan fingerprint density at radius 3 is 2.78 bits per heavy atom. The molecule has 5 heteroatoms. The Bertz CT molecular complexity index is 587. The molecule has 1 aromatic rings. The summed E-state index contributed by atoms with van der Waals surface area (Å²) in [5.74, 6) is 0.788. The molecule has 150 valence electrons. The number of benzene rings is 1. The fourth-order valence-corrected chi connectivity index (χ4v) is 4.20. The van der Waals surface area contributed by atoms with Crippen molar-refractivity contribution in [2.24, 2.45) is 0 Å². The Kier molecular flexibility index (Phi) is 7.81. The molecule has 1 amide bonds. The Balaban J connectivity index is 1.50. The van der Waals surface area contributed by atoms with Crippen LogP contribution in [0, 0.1) is 0 Å². The van der Waals surface area contributed by atoms with Crippen LogP contribution < -0.4 is 10.1 Å². The van der Waals surface area contributed by atoms with Crippen molar-refractivity contribution in [1.29, 1.82) is 0 Å². The largest absolute Gasteiger partial charge is 0.494 e. The number of hydrogen-bond donors (Lipinski definition) is 1. The summed E-state index contributed by atoms with van der Waals surface area (Å²) in [5.41, 5.74) is 0.724. The van der Waals surface area contributed by atoms with Gasteiger partial charge in [-0.15, -0.1) is 0 Å². The first-order valence-electron chi connectivity index (χ1n) is 10.7. The standard InChI is InChI=1S/C22H34N2O3/c1-2-3-8-16-26-19-11-9-10-18(17-19)23-22(25)27-21-13-5-4-12-20(21)24-14-6-7-15-24/h9-11,17,20-21H,2-8,12-16H2,1H3,(H,23,25)/t20-,21-/m1/s1. The first-order valence-corrected chi connectivity index (χ1v) is 10.7. The van der Waals surface area contributed by atoms with E-state index in [1.54, 1.807) is 0 Å². The maximum Gasteiger partial charge on any atom is 0.411 e. The van der Waals surface area contributed by atoms with Crippen LogP contribution in [0.15, 0.2) is 24.3 Å². The molecule has 0 aromatic heterocycles. The van der Waals surface area contributed by atoms with Crippen molar-refractivity contribution >= 4 is 11.8 Å². The summed E-state index contributed by atoms with van der Waals surface area (Å²) in [6.45, 7) is 5.17. The van der Waals surface area contributed by atoms with Gasteiger partial charge in [-0.2, -0.15) is 0 Å². The van der Waals surface area contributed by atoms with Crippen LogP contribution >= 0.6 is 0 Å². The van der Waals surface area contributed by atoms with Crippen molar-refractivity contribution in [1.82, 2.24) is 4.90 Å². The highest BCUT2D eigenvalue weighted by Crippen LogP contribution is 2.28. The van der Waals surface area contributed by atoms with Crippen LogP contribution in [0.4, 0.5) is 10.5 Å². The molecule has 27 heavy (non-hydrogen) atoms. The lowest BCUT2D eigenvalue weighted by molar-refractivity contribution is 0.0176. The second kappa shape index (κ2) is 10.5. The number of nitrogens with one attached hydrogen (secondary N) is 1. The summed E-state index contributed by atoms with van der Waals surface area (Å²) in [6.07, 6.45) is 10.1. The van der Waals surface area contributed by atoms with E-state index in [0.717, 1.165) is 50.2 Å². The molecule has 1 aliphatic heterocycles. The lowest BCUT2D eigenvalue weighted by Gasteiger charge is -2.37. The summed E-state index contributed by atoms with van der Waals surface area (Å²) < 4.78 is 11.6. The van der Waals surface area contributed by atoms with Crippen LogP contribution in [0.1, 0.15) is 64.7 Å². The van der Waals surface area contributed by atoms with Gasteiger partial charge in [0, 0.05) is 17.8 Å². The molecule has 3 rings (SSSR count). The van der Waals surface area contributed by atoms with Crippen molar-refractivity contribution in [2.75, 3.05) is 25.0 Å². The van der Waals surface area contributed by atoms with Gasteiger partial charge in [0.15, 0.2) is 0 Å². The molecule has 2 atom stereocenters. The normalized spacial score (nSPS) is 23.1. The van der Waals surface area contributed by atoms with E-state index in [4.69, 9.17) is 9.47 Å². The van der Waals surface area contributed by atoms with Crippen molar-refractivity contribution in [2.45, 2.75) is 76.9 Å². The van der Waals surface area contributed by atoms with E-state index in [0.29, 0.717) is 12.6 Å². The van der Waals surface area contributed by atoms with Gasteiger partial charge in [-0.05, 0) is 63.7 Å². The third kappa shape index (κ3) is 6.13. The molecular formula is C22H34N2O3. The molecule has 1 aliphatic carbocycles. The first-order chi connectivity index (χ1) is 13.3. The fraction of sp³-hybridized carbons (Fsp3) is 0.682. The van der Waals surface area contributed by atoms with E-state index in [1.807, 2.05) is 24.3 Å². The van der Waals surface area contributed by atoms with E-state index in [1.165, 1.54) is 32.1 Å². The lowest BCUT2D eigenvalue weighted by atomic mass is 9.91. The molecule has 1 saturated heterocycles. The van der Waals surface area contributed by atoms with Gasteiger partial charge in [0.25, 0.3) is 0 Å². The Morgan fingerprint density at radius 2 is 1.96 bits per heavy atom. The number of unbranched alkanes of at least 4 members (excludes halogenated alkanes) is 2. The minimum absolute atomic E-state index is 0.00493. The van der Waals surface area contributed by atoms with Crippen LogP contribution in [-0.2, 0) is 4.74 Å². The molecule has 1 aromatic carbocycles. The van der Waals surface area contributed by atoms with Gasteiger partial charge < -0.3 is 9.47 Å². The zero-order chi connectivity index (χ0) is 18.9. The Labute approximate surface area is 163 Å². The summed E-state index contributed by atoms with van der Waals surface area (Å²) >= 11 is 0. The Morgan fingerprint density at radius 1 is 1.15 bits per heavy atom. The molecular weight excluding hydrogens is 340 g/mol. The molecule has 0 radical (unpaired) electrons. The number of amides is 1. The molecule has 5 nitrogen and oxygen atoms in total. The second-order valence-electron chi connectivity index (χ2n) is 7.75. The van der Waals surface area contributed by atoms with Gasteiger partial charge in [-0.1, -0.05) is 32.3 Å². The van der Waals surface area contributed by atoms with Gasteiger partial charge in [0.2, 0.25) is 0 Å². The van der Waals surface area contributed by atoms with Crippen LogP contribution in [0.3, 0.4) is 0 Å². The molecule has 2 aliphatic rings. The average molecular weight is 375 g/mol. The number of ether oxygens (including phenoxy) is 2. The highest BCUT2D eigenvalue weighted by molar-refractivity contribution is 5.85. The third-order valence-electron chi connectivity index (χ3n) is 5.63. The van der Waals surface area contributed by atoms with E-state index >= 15 is 0 Å². The number of rotatable bonds is 8. The van der Waals surface area contributed by atoms with Crippen LogP contribution in [0.25, 0.3) is 0 Å². The maximum atomic E-state index is 12.5. The minimum Gasteiger partial charge on any atom is -0.494 e. The summed E-state index contributed by atoms with van der Waals surface area (Å²) in [4.78, 5) is 15.0. The quantitative estimate of drug-likeness (QED) is 0.635. The highest BCUT2D eigenvalue weighted by Gasteiger charge is 2.34. The molecule has 2 fully saturated rings. The Hall–Kier alpha value is -1.75. The zero-order valence-electron chi connectivity index (χ0n) is 16.6. The van der Waals surface area contributed by atoms with E-state index in [-0.39, 0.29) is 12.2 Å². The van der Waals surface area contributed by atoms with Crippen LogP contribution in [0.5, 0.6) is 5.75 Å². The molecule has 0 unspecified atom stereocenters. The van der Waals surface area contributed by atoms with Crippen molar-refractivity contribution < 1.29 is 14.3 Å². The number of anilines is 1.